The lowest BCUT2D eigenvalue weighted by Gasteiger charge is -2.29. The minimum atomic E-state index is -0.632. The number of fused-ring (bicyclic) bond motifs is 6. The van der Waals surface area contributed by atoms with Gasteiger partial charge in [0.2, 0.25) is 0 Å². The second kappa shape index (κ2) is 7.71. The molecule has 4 aliphatic heterocycles. The van der Waals surface area contributed by atoms with Crippen LogP contribution in [0.3, 0.4) is 0 Å². The number of esters is 2. The molecule has 2 aromatic rings. The molecule has 4 atom stereocenters. The monoisotopic (exact) mass is 464 g/mol. The lowest BCUT2D eigenvalue weighted by Crippen LogP contribution is -2.44. The highest BCUT2D eigenvalue weighted by Gasteiger charge is 2.76. The summed E-state index contributed by atoms with van der Waals surface area (Å²) >= 11 is 0. The van der Waals surface area contributed by atoms with Crippen LogP contribution >= 0.6 is 0 Å². The van der Waals surface area contributed by atoms with Crippen LogP contribution < -0.4 is 10.1 Å². The first-order valence-electron chi connectivity index (χ1n) is 11.8. The maximum Gasteiger partial charge on any atom is 0.305 e. The Balaban J connectivity index is 1.42. The van der Waals surface area contributed by atoms with E-state index >= 15 is 0 Å². The Kier molecular flexibility index (Phi) is 4.86. The van der Waals surface area contributed by atoms with Crippen molar-refractivity contribution in [2.75, 3.05) is 24.3 Å². The van der Waals surface area contributed by atoms with Gasteiger partial charge >= 0.3 is 11.9 Å². The van der Waals surface area contributed by atoms with Crippen LogP contribution in [0.4, 0.5) is 11.4 Å². The van der Waals surface area contributed by atoms with E-state index in [2.05, 4.69) is 24.3 Å². The molecule has 0 spiro atoms. The van der Waals surface area contributed by atoms with Crippen LogP contribution in [-0.4, -0.2) is 38.2 Å². The highest BCUT2D eigenvalue weighted by molar-refractivity contribution is 5.73. The molecule has 0 saturated carbocycles. The van der Waals surface area contributed by atoms with Crippen LogP contribution in [0.2, 0.25) is 0 Å². The van der Waals surface area contributed by atoms with E-state index in [9.17, 15) is 9.59 Å². The summed E-state index contributed by atoms with van der Waals surface area (Å²) in [6.07, 6.45) is 3.28. The first-order valence-corrected chi connectivity index (χ1v) is 11.8. The number of hydrogen-bond acceptors (Lipinski definition) is 8. The molecule has 34 heavy (non-hydrogen) atoms. The molecule has 0 N–H and O–H groups in total. The van der Waals surface area contributed by atoms with E-state index in [1.807, 2.05) is 34.4 Å². The summed E-state index contributed by atoms with van der Waals surface area (Å²) in [6, 6.07) is 16.2. The number of benzene rings is 2. The third kappa shape index (κ3) is 2.72. The second-order valence-electron chi connectivity index (χ2n) is 9.40. The molecule has 2 saturated heterocycles. The van der Waals surface area contributed by atoms with Crippen molar-refractivity contribution in [2.24, 2.45) is 0 Å². The fraction of sp³-hybridized carbons (Fsp3) is 0.462. The van der Waals surface area contributed by atoms with Gasteiger partial charge in [-0.25, -0.2) is 10.1 Å². The molecule has 0 aromatic heterocycles. The summed E-state index contributed by atoms with van der Waals surface area (Å²) in [7, 11) is 2.83. The van der Waals surface area contributed by atoms with Gasteiger partial charge in [-0.2, -0.15) is 0 Å². The highest BCUT2D eigenvalue weighted by Crippen LogP contribution is 2.68. The standard InChI is InChI=1S/C26H28N2O6/c1-31-21(29)13-7-15-25-17-9-3-5-11-19(17)27-23(25)24-26(34-27,16-8-14-22(30)32-2)18-10-4-6-12-20(18)28(24)33-25/h3-6,9-12,23-24H,7-8,13-16H2,1-2H3/t23-,24-,25-,26-/m1/s1. The fourth-order valence-corrected chi connectivity index (χ4v) is 6.43. The lowest BCUT2D eigenvalue weighted by molar-refractivity contribution is -0.141. The molecule has 0 bridgehead atoms. The van der Waals surface area contributed by atoms with Crippen molar-refractivity contribution in [1.29, 1.82) is 0 Å². The van der Waals surface area contributed by atoms with Crippen LogP contribution in [0, 0.1) is 0 Å². The van der Waals surface area contributed by atoms with Gasteiger partial charge in [0.15, 0.2) is 0 Å². The number of anilines is 2. The van der Waals surface area contributed by atoms with Crippen LogP contribution in [0.1, 0.15) is 49.7 Å². The Morgan fingerprint density at radius 3 is 1.59 bits per heavy atom. The van der Waals surface area contributed by atoms with Crippen molar-refractivity contribution in [3.63, 3.8) is 0 Å². The van der Waals surface area contributed by atoms with Gasteiger partial charge in [-0.05, 0) is 37.8 Å². The van der Waals surface area contributed by atoms with Crippen LogP contribution in [0.15, 0.2) is 48.5 Å². The van der Waals surface area contributed by atoms with Crippen molar-refractivity contribution in [2.45, 2.75) is 61.8 Å². The van der Waals surface area contributed by atoms with E-state index in [0.717, 1.165) is 22.5 Å². The summed E-state index contributed by atoms with van der Waals surface area (Å²) in [4.78, 5) is 37.5. The van der Waals surface area contributed by atoms with E-state index in [1.165, 1.54) is 14.2 Å². The Labute approximate surface area is 198 Å². The molecular formula is C26H28N2O6. The number of hydroxylamine groups is 2. The molecule has 0 aliphatic carbocycles. The number of carbonyl (C=O) groups is 2. The number of ether oxygens (including phenoxy) is 2. The molecule has 2 aromatic carbocycles. The maximum absolute atomic E-state index is 11.9. The normalized spacial score (nSPS) is 29.1. The van der Waals surface area contributed by atoms with E-state index in [0.29, 0.717) is 38.5 Å². The smallest absolute Gasteiger partial charge is 0.305 e. The number of rotatable bonds is 8. The van der Waals surface area contributed by atoms with Crippen molar-refractivity contribution in [3.8, 4) is 0 Å². The molecule has 6 rings (SSSR count). The van der Waals surface area contributed by atoms with E-state index in [-0.39, 0.29) is 24.0 Å². The Morgan fingerprint density at radius 1 is 0.765 bits per heavy atom. The van der Waals surface area contributed by atoms with Crippen molar-refractivity contribution in [1.82, 2.24) is 0 Å². The average molecular weight is 465 g/mol. The predicted octanol–water partition coefficient (Wildman–Crippen LogP) is 3.73. The zero-order valence-electron chi connectivity index (χ0n) is 19.4. The predicted molar refractivity (Wildman–Crippen MR) is 123 cm³/mol. The zero-order chi connectivity index (χ0) is 23.5. The van der Waals surface area contributed by atoms with Crippen molar-refractivity contribution >= 4 is 23.3 Å². The van der Waals surface area contributed by atoms with Crippen LogP contribution in [0.25, 0.3) is 0 Å². The molecule has 0 amide bonds. The lowest BCUT2D eigenvalue weighted by atomic mass is 9.76. The highest BCUT2D eigenvalue weighted by atomic mass is 16.8. The largest absolute Gasteiger partial charge is 0.469 e. The maximum atomic E-state index is 11.9. The summed E-state index contributed by atoms with van der Waals surface area (Å²) in [5.41, 5.74) is 2.91. The van der Waals surface area contributed by atoms with Gasteiger partial charge in [0.1, 0.15) is 23.3 Å². The van der Waals surface area contributed by atoms with E-state index < -0.39 is 11.2 Å². The summed E-state index contributed by atoms with van der Waals surface area (Å²) < 4.78 is 9.74. The summed E-state index contributed by atoms with van der Waals surface area (Å²) in [5.74, 6) is -0.438. The summed E-state index contributed by atoms with van der Waals surface area (Å²) in [5, 5.41) is 4.07. The van der Waals surface area contributed by atoms with Gasteiger partial charge in [-0.3, -0.25) is 19.3 Å². The number of hydrogen-bond donors (Lipinski definition) is 0. The molecule has 2 fully saturated rings. The first-order chi connectivity index (χ1) is 16.6. The molecule has 4 aliphatic rings. The quantitative estimate of drug-likeness (QED) is 0.547. The third-order valence-electron chi connectivity index (χ3n) is 7.79. The Bertz CT molecular complexity index is 1060. The molecule has 0 radical (unpaired) electrons. The molecule has 178 valence electrons. The van der Waals surface area contributed by atoms with E-state index in [4.69, 9.17) is 19.1 Å². The van der Waals surface area contributed by atoms with Gasteiger partial charge in [0.05, 0.1) is 25.6 Å². The molecule has 0 unspecified atom stereocenters. The van der Waals surface area contributed by atoms with Crippen LogP contribution in [-0.2, 0) is 39.9 Å². The van der Waals surface area contributed by atoms with Gasteiger partial charge in [-0.1, -0.05) is 36.4 Å². The molecule has 8 nitrogen and oxygen atoms in total. The zero-order valence-corrected chi connectivity index (χ0v) is 19.4. The van der Waals surface area contributed by atoms with Gasteiger partial charge in [-0.15, -0.1) is 0 Å². The van der Waals surface area contributed by atoms with Crippen molar-refractivity contribution < 1.29 is 28.7 Å². The fourth-order valence-electron chi connectivity index (χ4n) is 6.43. The van der Waals surface area contributed by atoms with E-state index in [1.54, 1.807) is 0 Å². The number of para-hydroxylation sites is 2. The Morgan fingerprint density at radius 2 is 1.18 bits per heavy atom. The molecule has 4 heterocycles. The molecule has 8 heteroatoms. The minimum absolute atomic E-state index is 0.0759. The molecular weight excluding hydrogens is 436 g/mol. The van der Waals surface area contributed by atoms with Crippen molar-refractivity contribution in [3.05, 3.63) is 59.7 Å². The number of methoxy groups -OCH3 is 2. The first kappa shape index (κ1) is 21.4. The number of carbonyl (C=O) groups excluding carboxylic acids is 2. The SMILES string of the molecule is COC(=O)CCC[C@@]12ON3c4ccccc4[C@@]4(CCCC(=O)OC)ON(c5ccccc51)[C@@H]2[C@@H]34. The van der Waals surface area contributed by atoms with Gasteiger partial charge in [0.25, 0.3) is 0 Å². The topological polar surface area (TPSA) is 77.5 Å². The van der Waals surface area contributed by atoms with Gasteiger partial charge < -0.3 is 9.47 Å². The number of nitrogens with zero attached hydrogens (tertiary/aromatic N) is 2. The third-order valence-corrected chi connectivity index (χ3v) is 7.79. The van der Waals surface area contributed by atoms with Crippen LogP contribution in [0.5, 0.6) is 0 Å². The second-order valence-corrected chi connectivity index (χ2v) is 9.40. The summed E-state index contributed by atoms with van der Waals surface area (Å²) in [6.45, 7) is 0. The minimum Gasteiger partial charge on any atom is -0.469 e. The Hall–Kier alpha value is -3.10. The average Bonchev–Trinajstić information content (AvgIpc) is 3.54. The van der Waals surface area contributed by atoms with Gasteiger partial charge in [0, 0.05) is 24.0 Å².